The highest BCUT2D eigenvalue weighted by atomic mass is 16.5. The lowest BCUT2D eigenvalue weighted by molar-refractivity contribution is 0.0697. The van der Waals surface area contributed by atoms with Crippen LogP contribution < -0.4 is 10.5 Å². The molecule has 0 fully saturated rings. The van der Waals surface area contributed by atoms with Crippen LogP contribution in [0.25, 0.3) is 0 Å². The van der Waals surface area contributed by atoms with E-state index in [4.69, 9.17) is 15.6 Å². The fourth-order valence-electron chi connectivity index (χ4n) is 1.57. The molecule has 1 heterocycles. The van der Waals surface area contributed by atoms with Gasteiger partial charge in [0.2, 0.25) is 5.88 Å². The van der Waals surface area contributed by atoms with E-state index in [9.17, 15) is 4.79 Å². The molecule has 0 spiro atoms. The first-order valence-electron chi connectivity index (χ1n) is 5.28. The van der Waals surface area contributed by atoms with Gasteiger partial charge in [0.25, 0.3) is 0 Å². The molecule has 0 atom stereocenters. The zero-order chi connectivity index (χ0) is 13.3. The second kappa shape index (κ2) is 4.40. The highest BCUT2D eigenvalue weighted by molar-refractivity contribution is 5.89. The van der Waals surface area contributed by atoms with E-state index in [1.54, 1.807) is 17.8 Å². The lowest BCUT2D eigenvalue weighted by atomic mass is 10.2. The van der Waals surface area contributed by atoms with Crippen molar-refractivity contribution in [2.45, 2.75) is 6.92 Å². The molecular weight excluding hydrogens is 234 g/mol. The van der Waals surface area contributed by atoms with E-state index >= 15 is 0 Å². The average molecular weight is 247 g/mol. The minimum atomic E-state index is -1.02. The van der Waals surface area contributed by atoms with E-state index in [0.717, 1.165) is 5.69 Å². The fourth-order valence-corrected chi connectivity index (χ4v) is 1.57. The number of aromatic carboxylic acids is 1. The van der Waals surface area contributed by atoms with Crippen LogP contribution in [-0.4, -0.2) is 20.9 Å². The molecule has 0 saturated heterocycles. The number of carbonyl (C=O) groups is 1. The number of hydrogen-bond donors (Lipinski definition) is 2. The summed E-state index contributed by atoms with van der Waals surface area (Å²) < 4.78 is 7.16. The van der Waals surface area contributed by atoms with Crippen LogP contribution in [0.1, 0.15) is 16.1 Å². The molecule has 0 amide bonds. The maximum atomic E-state index is 10.8. The zero-order valence-electron chi connectivity index (χ0n) is 10.0. The van der Waals surface area contributed by atoms with Crippen molar-refractivity contribution in [1.82, 2.24) is 9.78 Å². The van der Waals surface area contributed by atoms with Crippen LogP contribution in [-0.2, 0) is 7.05 Å². The average Bonchev–Trinajstić information content (AvgIpc) is 2.60. The number of rotatable bonds is 3. The summed E-state index contributed by atoms with van der Waals surface area (Å²) in [6.07, 6.45) is 0. The number of aromatic nitrogens is 2. The first-order valence-corrected chi connectivity index (χ1v) is 5.28. The predicted molar refractivity (Wildman–Crippen MR) is 65.8 cm³/mol. The third-order valence-electron chi connectivity index (χ3n) is 2.43. The van der Waals surface area contributed by atoms with Crippen LogP contribution in [0.3, 0.4) is 0 Å². The van der Waals surface area contributed by atoms with Gasteiger partial charge in [0.05, 0.1) is 16.9 Å². The van der Waals surface area contributed by atoms with E-state index in [2.05, 4.69) is 5.10 Å². The Bertz CT molecular complexity index is 605. The molecule has 6 heteroatoms. The van der Waals surface area contributed by atoms with Gasteiger partial charge in [-0.25, -0.2) is 9.48 Å². The number of anilines is 1. The molecule has 0 unspecified atom stereocenters. The van der Waals surface area contributed by atoms with E-state index in [1.165, 1.54) is 18.2 Å². The first-order chi connectivity index (χ1) is 8.47. The minimum Gasteiger partial charge on any atom is -0.478 e. The van der Waals surface area contributed by atoms with Gasteiger partial charge in [0.15, 0.2) is 5.75 Å². The summed E-state index contributed by atoms with van der Waals surface area (Å²) in [5, 5.41) is 13.0. The summed E-state index contributed by atoms with van der Waals surface area (Å²) in [6.45, 7) is 1.85. The van der Waals surface area contributed by atoms with Crippen LogP contribution in [0.15, 0.2) is 24.3 Å². The van der Waals surface area contributed by atoms with Gasteiger partial charge in [-0.3, -0.25) is 0 Å². The van der Waals surface area contributed by atoms with Crippen LogP contribution >= 0.6 is 0 Å². The molecule has 0 aliphatic carbocycles. The van der Waals surface area contributed by atoms with Crippen LogP contribution in [0.4, 0.5) is 5.69 Å². The number of nitrogens with two attached hydrogens (primary N) is 1. The van der Waals surface area contributed by atoms with Crippen molar-refractivity contribution >= 4 is 11.7 Å². The van der Waals surface area contributed by atoms with Crippen molar-refractivity contribution in [2.24, 2.45) is 7.05 Å². The number of nitrogen functional groups attached to an aromatic ring is 1. The number of aryl methyl sites for hydroxylation is 2. The number of benzene rings is 1. The number of hydrogen-bond acceptors (Lipinski definition) is 4. The lowest BCUT2D eigenvalue weighted by Gasteiger charge is -2.08. The van der Waals surface area contributed by atoms with Gasteiger partial charge < -0.3 is 15.6 Å². The molecule has 3 N–H and O–H groups in total. The Hall–Kier alpha value is -2.50. The Balaban J connectivity index is 2.30. The lowest BCUT2D eigenvalue weighted by Crippen LogP contribution is -2.01. The summed E-state index contributed by atoms with van der Waals surface area (Å²) in [5.74, 6) is -0.0742. The van der Waals surface area contributed by atoms with Gasteiger partial charge in [-0.05, 0) is 25.1 Å². The standard InChI is InChI=1S/C12H13N3O3/c1-7-5-11(15(2)14-7)18-10-4-3-8(12(16)17)6-9(10)13/h3-6H,13H2,1-2H3,(H,16,17). The quantitative estimate of drug-likeness (QED) is 0.807. The van der Waals surface area contributed by atoms with E-state index in [-0.39, 0.29) is 11.3 Å². The van der Waals surface area contributed by atoms with Gasteiger partial charge in [-0.2, -0.15) is 5.10 Å². The Morgan fingerprint density at radius 2 is 2.17 bits per heavy atom. The van der Waals surface area contributed by atoms with E-state index < -0.39 is 5.97 Å². The SMILES string of the molecule is Cc1cc(Oc2ccc(C(=O)O)cc2N)n(C)n1. The third-order valence-corrected chi connectivity index (χ3v) is 2.43. The Morgan fingerprint density at radius 3 is 2.67 bits per heavy atom. The second-order valence-electron chi connectivity index (χ2n) is 3.91. The molecule has 1 aromatic heterocycles. The Kier molecular flexibility index (Phi) is 2.93. The van der Waals surface area contributed by atoms with Gasteiger partial charge in [0, 0.05) is 13.1 Å². The van der Waals surface area contributed by atoms with Crippen molar-refractivity contribution in [3.05, 3.63) is 35.5 Å². The van der Waals surface area contributed by atoms with Gasteiger partial charge in [-0.15, -0.1) is 0 Å². The fraction of sp³-hybridized carbons (Fsp3) is 0.167. The molecule has 2 aromatic rings. The maximum Gasteiger partial charge on any atom is 0.335 e. The van der Waals surface area contributed by atoms with Crippen molar-refractivity contribution < 1.29 is 14.6 Å². The summed E-state index contributed by atoms with van der Waals surface area (Å²) >= 11 is 0. The smallest absolute Gasteiger partial charge is 0.335 e. The third kappa shape index (κ3) is 2.27. The van der Waals surface area contributed by atoms with Gasteiger partial charge in [0.1, 0.15) is 0 Å². The van der Waals surface area contributed by atoms with Crippen molar-refractivity contribution in [1.29, 1.82) is 0 Å². The molecular formula is C12H13N3O3. The number of carboxylic acids is 1. The predicted octanol–water partition coefficient (Wildman–Crippen LogP) is 1.80. The summed E-state index contributed by atoms with van der Waals surface area (Å²) in [6, 6.07) is 6.10. The minimum absolute atomic E-state index is 0.126. The highest BCUT2D eigenvalue weighted by Crippen LogP contribution is 2.28. The highest BCUT2D eigenvalue weighted by Gasteiger charge is 2.10. The maximum absolute atomic E-state index is 10.8. The summed E-state index contributed by atoms with van der Waals surface area (Å²) in [7, 11) is 1.75. The molecule has 0 aliphatic rings. The number of ether oxygens (including phenoxy) is 1. The first kappa shape index (κ1) is 12.0. The normalized spacial score (nSPS) is 10.3. The van der Waals surface area contributed by atoms with Gasteiger partial charge >= 0.3 is 5.97 Å². The van der Waals surface area contributed by atoms with Crippen molar-refractivity contribution in [2.75, 3.05) is 5.73 Å². The van der Waals surface area contributed by atoms with Gasteiger partial charge in [-0.1, -0.05) is 0 Å². The molecule has 2 rings (SSSR count). The molecule has 6 nitrogen and oxygen atoms in total. The molecule has 0 saturated carbocycles. The van der Waals surface area contributed by atoms with Crippen LogP contribution in [0.2, 0.25) is 0 Å². The second-order valence-corrected chi connectivity index (χ2v) is 3.91. The molecule has 0 radical (unpaired) electrons. The zero-order valence-corrected chi connectivity index (χ0v) is 10.0. The Morgan fingerprint density at radius 1 is 1.44 bits per heavy atom. The molecule has 1 aromatic carbocycles. The molecule has 0 aliphatic heterocycles. The number of nitrogens with zero attached hydrogens (tertiary/aromatic N) is 2. The van der Waals surface area contributed by atoms with E-state index in [0.29, 0.717) is 11.6 Å². The van der Waals surface area contributed by atoms with Crippen LogP contribution in [0, 0.1) is 6.92 Å². The molecule has 94 valence electrons. The van der Waals surface area contributed by atoms with Crippen molar-refractivity contribution in [3.63, 3.8) is 0 Å². The molecule has 18 heavy (non-hydrogen) atoms. The number of carboxylic acid groups (broad SMARTS) is 1. The Labute approximate surface area is 104 Å². The van der Waals surface area contributed by atoms with E-state index in [1.807, 2.05) is 6.92 Å². The van der Waals surface area contributed by atoms with Crippen LogP contribution in [0.5, 0.6) is 11.6 Å². The summed E-state index contributed by atoms with van der Waals surface area (Å²) in [5.41, 5.74) is 6.97. The largest absolute Gasteiger partial charge is 0.478 e. The molecule has 0 bridgehead atoms. The topological polar surface area (TPSA) is 90.4 Å². The summed E-state index contributed by atoms with van der Waals surface area (Å²) in [4.78, 5) is 10.8. The monoisotopic (exact) mass is 247 g/mol. The van der Waals surface area contributed by atoms with Crippen molar-refractivity contribution in [3.8, 4) is 11.6 Å².